The molecular formula is C29H27Cl2F2N. The van der Waals surface area contributed by atoms with Crippen molar-refractivity contribution in [2.75, 3.05) is 6.54 Å². The first kappa shape index (κ1) is 23.4. The van der Waals surface area contributed by atoms with E-state index >= 15 is 0 Å². The molecule has 5 heteroatoms. The summed E-state index contributed by atoms with van der Waals surface area (Å²) in [6.45, 7) is 7.83. The van der Waals surface area contributed by atoms with Crippen LogP contribution in [0.15, 0.2) is 72.9 Å². The van der Waals surface area contributed by atoms with Crippen molar-refractivity contribution in [2.24, 2.45) is 11.8 Å². The number of rotatable bonds is 4. The number of hydrogen-bond acceptors (Lipinski definition) is 1. The second-order valence-corrected chi connectivity index (χ2v) is 10.5. The molecule has 1 aliphatic heterocycles. The molecule has 0 amide bonds. The smallest absolute Gasteiger partial charge is 0.159 e. The van der Waals surface area contributed by atoms with Gasteiger partial charge < -0.3 is 4.90 Å². The van der Waals surface area contributed by atoms with Crippen molar-refractivity contribution in [3.8, 4) is 0 Å². The molecular weight excluding hydrogens is 471 g/mol. The van der Waals surface area contributed by atoms with Crippen LogP contribution in [0, 0.1) is 30.4 Å². The third kappa shape index (κ3) is 4.36. The maximum absolute atomic E-state index is 13.8. The molecule has 0 aromatic heterocycles. The van der Waals surface area contributed by atoms with E-state index in [1.165, 1.54) is 23.3 Å². The number of halogens is 4. The van der Waals surface area contributed by atoms with Crippen molar-refractivity contribution >= 4 is 23.2 Å². The van der Waals surface area contributed by atoms with Crippen molar-refractivity contribution in [1.29, 1.82) is 0 Å². The monoisotopic (exact) mass is 497 g/mol. The number of allylic oxidation sites excluding steroid dienone is 1. The molecule has 2 aliphatic rings. The zero-order valence-corrected chi connectivity index (χ0v) is 20.6. The summed E-state index contributed by atoms with van der Waals surface area (Å²) in [6, 6.07) is 18.7. The Bertz CT molecular complexity index is 1220. The third-order valence-corrected chi connectivity index (χ3v) is 8.21. The Labute approximate surface area is 210 Å². The second kappa shape index (κ2) is 9.36. The van der Waals surface area contributed by atoms with Crippen molar-refractivity contribution in [3.63, 3.8) is 0 Å². The fourth-order valence-electron chi connectivity index (χ4n) is 6.03. The summed E-state index contributed by atoms with van der Waals surface area (Å²) in [5.74, 6) is -0.415. The van der Waals surface area contributed by atoms with Gasteiger partial charge in [0, 0.05) is 34.7 Å². The minimum absolute atomic E-state index is 0.253. The summed E-state index contributed by atoms with van der Waals surface area (Å²) in [6.07, 6.45) is 2.03. The van der Waals surface area contributed by atoms with E-state index in [1.807, 2.05) is 18.2 Å². The molecule has 1 saturated heterocycles. The van der Waals surface area contributed by atoms with Crippen LogP contribution in [0.5, 0.6) is 0 Å². The topological polar surface area (TPSA) is 3.24 Å². The van der Waals surface area contributed by atoms with Crippen LogP contribution in [0.2, 0.25) is 10.0 Å². The van der Waals surface area contributed by atoms with Gasteiger partial charge in [-0.3, -0.25) is 0 Å². The van der Waals surface area contributed by atoms with Crippen molar-refractivity contribution in [2.45, 2.75) is 38.1 Å². The largest absolute Gasteiger partial charge is 0.370 e. The molecule has 4 atom stereocenters. The summed E-state index contributed by atoms with van der Waals surface area (Å²) >= 11 is 13.0. The van der Waals surface area contributed by atoms with Crippen LogP contribution in [0.3, 0.4) is 0 Å². The molecule has 176 valence electrons. The van der Waals surface area contributed by atoms with E-state index in [-0.39, 0.29) is 11.8 Å². The highest BCUT2D eigenvalue weighted by molar-refractivity contribution is 6.31. The molecule has 0 N–H and O–H groups in total. The van der Waals surface area contributed by atoms with E-state index in [0.29, 0.717) is 18.4 Å². The average molecular weight is 498 g/mol. The number of aryl methyl sites for hydroxylation is 1. The fourth-order valence-corrected chi connectivity index (χ4v) is 6.53. The zero-order chi connectivity index (χ0) is 24.0. The van der Waals surface area contributed by atoms with Crippen LogP contribution < -0.4 is 0 Å². The van der Waals surface area contributed by atoms with Crippen molar-refractivity contribution in [1.82, 2.24) is 4.90 Å². The maximum atomic E-state index is 13.8. The van der Waals surface area contributed by atoms with E-state index in [2.05, 4.69) is 42.7 Å². The van der Waals surface area contributed by atoms with Crippen LogP contribution in [0.1, 0.15) is 46.9 Å². The lowest BCUT2D eigenvalue weighted by atomic mass is 9.63. The lowest BCUT2D eigenvalue weighted by Gasteiger charge is -2.40. The molecule has 1 saturated carbocycles. The first-order valence-electron chi connectivity index (χ1n) is 11.7. The van der Waals surface area contributed by atoms with Gasteiger partial charge in [0.05, 0.1) is 0 Å². The predicted octanol–water partition coefficient (Wildman–Crippen LogP) is 8.50. The van der Waals surface area contributed by atoms with E-state index in [9.17, 15) is 8.78 Å². The third-order valence-electron chi connectivity index (χ3n) is 7.63. The highest BCUT2D eigenvalue weighted by atomic mass is 35.5. The Morgan fingerprint density at radius 3 is 2.35 bits per heavy atom. The Morgan fingerprint density at radius 1 is 0.912 bits per heavy atom. The summed E-state index contributed by atoms with van der Waals surface area (Å²) < 4.78 is 27.3. The second-order valence-electron chi connectivity index (χ2n) is 9.68. The Morgan fingerprint density at radius 2 is 1.65 bits per heavy atom. The van der Waals surface area contributed by atoms with Gasteiger partial charge in [0.1, 0.15) is 0 Å². The van der Waals surface area contributed by atoms with Crippen LogP contribution in [-0.2, 0) is 6.54 Å². The molecule has 0 spiro atoms. The molecule has 0 bridgehead atoms. The standard InChI is InChI=1S/C29H27Cl2F2N/c1-17-3-9-23(26(31)13-17)24-11-10-22-18(2)34(15-19-4-12-27(32)28(33)14-19)16-25(22)29(24)20-5-7-21(30)8-6-20/h3-9,12-14,22,24-25,29H,2,10-11,15-16H2,1H3. The number of likely N-dealkylation sites (tertiary alicyclic amines) is 1. The highest BCUT2D eigenvalue weighted by Crippen LogP contribution is 2.56. The van der Waals surface area contributed by atoms with E-state index in [1.54, 1.807) is 6.07 Å². The van der Waals surface area contributed by atoms with Gasteiger partial charge in [0.2, 0.25) is 0 Å². The fraction of sp³-hybridized carbons (Fsp3) is 0.310. The van der Waals surface area contributed by atoms with Crippen LogP contribution in [0.25, 0.3) is 0 Å². The molecule has 1 nitrogen and oxygen atoms in total. The lowest BCUT2D eigenvalue weighted by molar-refractivity contribution is 0.232. The minimum atomic E-state index is -0.821. The molecule has 5 rings (SSSR count). The van der Waals surface area contributed by atoms with Gasteiger partial charge in [-0.2, -0.15) is 0 Å². The summed E-state index contributed by atoms with van der Waals surface area (Å²) in [5, 5.41) is 1.54. The highest BCUT2D eigenvalue weighted by Gasteiger charge is 2.47. The minimum Gasteiger partial charge on any atom is -0.370 e. The molecule has 4 unspecified atom stereocenters. The normalized spacial score (nSPS) is 24.4. The number of nitrogens with zero attached hydrogens (tertiary/aromatic N) is 1. The summed E-state index contributed by atoms with van der Waals surface area (Å²) in [4.78, 5) is 2.24. The quantitative estimate of drug-likeness (QED) is 0.349. The molecule has 1 aliphatic carbocycles. The van der Waals surface area contributed by atoms with Gasteiger partial charge in [-0.1, -0.05) is 60.1 Å². The zero-order valence-electron chi connectivity index (χ0n) is 19.1. The molecule has 0 radical (unpaired) electrons. The van der Waals surface area contributed by atoms with Crippen LogP contribution >= 0.6 is 23.2 Å². The Balaban J connectivity index is 1.50. The first-order chi connectivity index (χ1) is 16.3. The molecule has 2 fully saturated rings. The van der Waals surface area contributed by atoms with Gasteiger partial charge in [0.15, 0.2) is 11.6 Å². The van der Waals surface area contributed by atoms with Gasteiger partial charge in [-0.05, 0) is 90.1 Å². The number of fused-ring (bicyclic) bond motifs is 1. The SMILES string of the molecule is C=C1C2CCC(c3ccc(C)cc3Cl)C(c3ccc(Cl)cc3)C2CN1Cc1ccc(F)c(F)c1. The van der Waals surface area contributed by atoms with E-state index in [4.69, 9.17) is 23.2 Å². The first-order valence-corrected chi connectivity index (χ1v) is 12.5. The summed E-state index contributed by atoms with van der Waals surface area (Å²) in [5.41, 5.74) is 5.43. The Kier molecular flexibility index (Phi) is 6.43. The maximum Gasteiger partial charge on any atom is 0.159 e. The number of hydrogen-bond donors (Lipinski definition) is 0. The van der Waals surface area contributed by atoms with Gasteiger partial charge in [-0.25, -0.2) is 8.78 Å². The average Bonchev–Trinajstić information content (AvgIpc) is 3.12. The predicted molar refractivity (Wildman–Crippen MR) is 135 cm³/mol. The van der Waals surface area contributed by atoms with Crippen LogP contribution in [-0.4, -0.2) is 11.4 Å². The Hall–Kier alpha value is -2.36. The molecule has 1 heterocycles. The lowest BCUT2D eigenvalue weighted by Crippen LogP contribution is -2.31. The molecule has 3 aromatic rings. The molecule has 3 aromatic carbocycles. The molecule has 34 heavy (non-hydrogen) atoms. The van der Waals surface area contributed by atoms with Crippen molar-refractivity contribution < 1.29 is 8.78 Å². The van der Waals surface area contributed by atoms with Gasteiger partial charge >= 0.3 is 0 Å². The van der Waals surface area contributed by atoms with Gasteiger partial charge in [-0.15, -0.1) is 0 Å². The number of benzene rings is 3. The van der Waals surface area contributed by atoms with Crippen LogP contribution in [0.4, 0.5) is 8.78 Å². The van der Waals surface area contributed by atoms with Gasteiger partial charge in [0.25, 0.3) is 0 Å². The van der Waals surface area contributed by atoms with Crippen molar-refractivity contribution in [3.05, 3.63) is 117 Å². The van der Waals surface area contributed by atoms with E-state index in [0.717, 1.165) is 46.3 Å². The summed E-state index contributed by atoms with van der Waals surface area (Å²) in [7, 11) is 0. The van der Waals surface area contributed by atoms with E-state index < -0.39 is 11.6 Å².